The number of rotatable bonds is 6. The van der Waals surface area contributed by atoms with Gasteiger partial charge in [0.1, 0.15) is 5.82 Å². The minimum Gasteiger partial charge on any atom is -0.378 e. The van der Waals surface area contributed by atoms with Gasteiger partial charge in [-0.2, -0.15) is 0 Å². The number of imidazole rings is 1. The van der Waals surface area contributed by atoms with E-state index in [-0.39, 0.29) is 11.8 Å². The predicted molar refractivity (Wildman–Crippen MR) is 114 cm³/mol. The van der Waals surface area contributed by atoms with E-state index in [1.165, 1.54) is 0 Å². The zero-order chi connectivity index (χ0) is 21.0. The highest BCUT2D eigenvalue weighted by Gasteiger charge is 2.40. The molecule has 0 bridgehead atoms. The van der Waals surface area contributed by atoms with Crippen LogP contribution in [0.1, 0.15) is 25.6 Å². The molecule has 4 rings (SSSR count). The predicted octanol–water partition coefficient (Wildman–Crippen LogP) is 1.18. The van der Waals surface area contributed by atoms with Crippen LogP contribution in [0.25, 0.3) is 11.0 Å². The third-order valence-corrected chi connectivity index (χ3v) is 6.08. The Morgan fingerprint density at radius 2 is 2.03 bits per heavy atom. The number of carbonyl (C=O) groups is 2. The number of ether oxygens (including phenoxy) is 1. The molecule has 2 aromatic rings. The minimum atomic E-state index is -0.426. The number of aromatic amines is 1. The molecule has 2 N–H and O–H groups in total. The van der Waals surface area contributed by atoms with Crippen molar-refractivity contribution in [2.75, 3.05) is 52.5 Å². The van der Waals surface area contributed by atoms with E-state index in [1.807, 2.05) is 36.1 Å². The second kappa shape index (κ2) is 9.14. The fraction of sp³-hybridized carbons (Fsp3) is 0.591. The number of para-hydroxylation sites is 2. The summed E-state index contributed by atoms with van der Waals surface area (Å²) in [5.41, 5.74) is 1.53. The second-order valence-corrected chi connectivity index (χ2v) is 8.58. The number of carbonyl (C=O) groups excluding carboxylic acids is 2. The summed E-state index contributed by atoms with van der Waals surface area (Å²) in [5.74, 6) is 1.06. The van der Waals surface area contributed by atoms with E-state index in [9.17, 15) is 9.59 Å². The number of hydrogen-bond acceptors (Lipinski definition) is 5. The Hall–Kier alpha value is -2.45. The van der Waals surface area contributed by atoms with Crippen LogP contribution in [0.5, 0.6) is 0 Å². The third-order valence-electron chi connectivity index (χ3n) is 6.08. The molecule has 1 aromatic carbocycles. The van der Waals surface area contributed by atoms with Crippen molar-refractivity contribution in [3.63, 3.8) is 0 Å². The normalized spacial score (nSPS) is 22.9. The number of morpholine rings is 1. The van der Waals surface area contributed by atoms with Crippen LogP contribution in [-0.2, 0) is 20.7 Å². The van der Waals surface area contributed by atoms with Crippen LogP contribution in [0, 0.1) is 5.41 Å². The van der Waals surface area contributed by atoms with Crippen LogP contribution in [0.15, 0.2) is 24.3 Å². The van der Waals surface area contributed by atoms with Crippen molar-refractivity contribution in [3.05, 3.63) is 30.1 Å². The molecule has 2 saturated heterocycles. The Balaban J connectivity index is 1.25. The maximum absolute atomic E-state index is 13.0. The third kappa shape index (κ3) is 4.82. The maximum Gasteiger partial charge on any atom is 0.234 e. The quantitative estimate of drug-likeness (QED) is 0.742. The van der Waals surface area contributed by atoms with Gasteiger partial charge >= 0.3 is 0 Å². The van der Waals surface area contributed by atoms with Gasteiger partial charge in [-0.1, -0.05) is 12.1 Å². The average Bonchev–Trinajstić information content (AvgIpc) is 3.16. The number of benzene rings is 1. The fourth-order valence-electron chi connectivity index (χ4n) is 4.51. The zero-order valence-electron chi connectivity index (χ0n) is 17.7. The number of amides is 2. The number of likely N-dealkylation sites (tertiary alicyclic amines) is 1. The summed E-state index contributed by atoms with van der Waals surface area (Å²) in [7, 11) is 0. The van der Waals surface area contributed by atoms with Crippen LogP contribution in [0.4, 0.5) is 0 Å². The monoisotopic (exact) mass is 413 g/mol. The van der Waals surface area contributed by atoms with Crippen molar-refractivity contribution in [1.82, 2.24) is 25.1 Å². The molecule has 8 heteroatoms. The van der Waals surface area contributed by atoms with Crippen LogP contribution in [-0.4, -0.2) is 84.1 Å². The first-order chi connectivity index (χ1) is 14.5. The molecule has 1 aromatic heterocycles. The molecule has 0 aliphatic carbocycles. The van der Waals surface area contributed by atoms with E-state index in [1.54, 1.807) is 0 Å². The number of nitrogens with zero attached hydrogens (tertiary/aromatic N) is 3. The van der Waals surface area contributed by atoms with Gasteiger partial charge < -0.3 is 19.9 Å². The molecule has 2 aliphatic heterocycles. The van der Waals surface area contributed by atoms with E-state index in [0.29, 0.717) is 52.4 Å². The van der Waals surface area contributed by atoms with Crippen LogP contribution >= 0.6 is 0 Å². The molecule has 0 unspecified atom stereocenters. The number of aromatic nitrogens is 2. The lowest BCUT2D eigenvalue weighted by atomic mass is 9.80. The lowest BCUT2D eigenvalue weighted by molar-refractivity contribution is -0.149. The number of fused-ring (bicyclic) bond motifs is 1. The molecule has 0 spiro atoms. The highest BCUT2D eigenvalue weighted by Crippen LogP contribution is 2.31. The van der Waals surface area contributed by atoms with Crippen molar-refractivity contribution in [2.45, 2.75) is 26.2 Å². The van der Waals surface area contributed by atoms with Gasteiger partial charge in [0.25, 0.3) is 0 Å². The molecule has 3 heterocycles. The van der Waals surface area contributed by atoms with Crippen LogP contribution in [0.3, 0.4) is 0 Å². The Kier molecular flexibility index (Phi) is 6.34. The SMILES string of the molecule is C[C@@]1(C(=O)N2CCOCC2)CCCN(CC(=O)NCCc2nc3ccccc3[nH]2)C1. The zero-order valence-corrected chi connectivity index (χ0v) is 17.7. The molecule has 2 fully saturated rings. The van der Waals surface area contributed by atoms with Crippen molar-refractivity contribution in [2.24, 2.45) is 5.41 Å². The largest absolute Gasteiger partial charge is 0.378 e. The summed E-state index contributed by atoms with van der Waals surface area (Å²) in [6, 6.07) is 7.91. The number of hydrogen-bond donors (Lipinski definition) is 2. The maximum atomic E-state index is 13.0. The first-order valence-corrected chi connectivity index (χ1v) is 10.8. The minimum absolute atomic E-state index is 0.00539. The van der Waals surface area contributed by atoms with Crippen molar-refractivity contribution < 1.29 is 14.3 Å². The lowest BCUT2D eigenvalue weighted by Gasteiger charge is -2.42. The first-order valence-electron chi connectivity index (χ1n) is 10.8. The van der Waals surface area contributed by atoms with Crippen LogP contribution < -0.4 is 5.32 Å². The van der Waals surface area contributed by atoms with Gasteiger partial charge in [-0.15, -0.1) is 0 Å². The van der Waals surface area contributed by atoms with Gasteiger partial charge in [0.05, 0.1) is 36.2 Å². The molecule has 2 aliphatic rings. The van der Waals surface area contributed by atoms with E-state index < -0.39 is 5.41 Å². The Morgan fingerprint density at radius 3 is 2.83 bits per heavy atom. The topological polar surface area (TPSA) is 90.6 Å². The standard InChI is InChI=1S/C22H31N5O3/c1-22(21(29)27-11-13-30-14-12-27)8-4-10-26(16-22)15-20(28)23-9-7-19-24-17-5-2-3-6-18(17)25-19/h2-3,5-6H,4,7-16H2,1H3,(H,23,28)(H,24,25)/t22-/m1/s1. The summed E-state index contributed by atoms with van der Waals surface area (Å²) in [6.45, 7) is 6.92. The second-order valence-electron chi connectivity index (χ2n) is 8.58. The highest BCUT2D eigenvalue weighted by atomic mass is 16.5. The van der Waals surface area contributed by atoms with Crippen molar-refractivity contribution in [1.29, 1.82) is 0 Å². The summed E-state index contributed by atoms with van der Waals surface area (Å²) >= 11 is 0. The van der Waals surface area contributed by atoms with E-state index >= 15 is 0 Å². The molecule has 0 saturated carbocycles. The number of nitrogens with one attached hydrogen (secondary N) is 2. The van der Waals surface area contributed by atoms with E-state index in [2.05, 4.69) is 20.2 Å². The van der Waals surface area contributed by atoms with Gasteiger partial charge in [0.15, 0.2) is 0 Å². The van der Waals surface area contributed by atoms with E-state index in [0.717, 1.165) is 36.2 Å². The van der Waals surface area contributed by atoms with Gasteiger partial charge in [-0.25, -0.2) is 4.98 Å². The van der Waals surface area contributed by atoms with Gasteiger partial charge in [0.2, 0.25) is 11.8 Å². The highest BCUT2D eigenvalue weighted by molar-refractivity contribution is 5.83. The van der Waals surface area contributed by atoms with Gasteiger partial charge in [0, 0.05) is 32.6 Å². The number of H-pyrrole nitrogens is 1. The molecule has 162 valence electrons. The fourth-order valence-corrected chi connectivity index (χ4v) is 4.51. The lowest BCUT2D eigenvalue weighted by Crippen LogP contribution is -2.55. The first kappa shape index (κ1) is 20.8. The number of piperidine rings is 1. The summed E-state index contributed by atoms with van der Waals surface area (Å²) in [5, 5.41) is 2.99. The molecular weight excluding hydrogens is 382 g/mol. The molecular formula is C22H31N5O3. The molecule has 30 heavy (non-hydrogen) atoms. The van der Waals surface area contributed by atoms with Gasteiger partial charge in [-0.05, 0) is 38.4 Å². The Labute approximate surface area is 177 Å². The molecule has 2 amide bonds. The van der Waals surface area contributed by atoms with E-state index in [4.69, 9.17) is 4.74 Å². The van der Waals surface area contributed by atoms with Gasteiger partial charge in [-0.3, -0.25) is 14.5 Å². The smallest absolute Gasteiger partial charge is 0.234 e. The summed E-state index contributed by atoms with van der Waals surface area (Å²) in [4.78, 5) is 37.4. The van der Waals surface area contributed by atoms with Crippen molar-refractivity contribution >= 4 is 22.8 Å². The van der Waals surface area contributed by atoms with Crippen molar-refractivity contribution in [3.8, 4) is 0 Å². The Bertz CT molecular complexity index is 859. The Morgan fingerprint density at radius 1 is 1.23 bits per heavy atom. The summed E-state index contributed by atoms with van der Waals surface area (Å²) < 4.78 is 5.37. The van der Waals surface area contributed by atoms with Crippen LogP contribution in [0.2, 0.25) is 0 Å². The molecule has 1 atom stereocenters. The molecule has 0 radical (unpaired) electrons. The molecule has 8 nitrogen and oxygen atoms in total. The summed E-state index contributed by atoms with van der Waals surface area (Å²) in [6.07, 6.45) is 2.46. The average molecular weight is 414 g/mol.